The van der Waals surface area contributed by atoms with Gasteiger partial charge in [0.25, 0.3) is 0 Å². The van der Waals surface area contributed by atoms with E-state index in [-0.39, 0.29) is 24.3 Å². The van der Waals surface area contributed by atoms with Crippen LogP contribution in [-0.4, -0.2) is 48.8 Å². The van der Waals surface area contributed by atoms with Crippen LogP contribution in [0.15, 0.2) is 29.2 Å². The van der Waals surface area contributed by atoms with Crippen LogP contribution >= 0.6 is 0 Å². The van der Waals surface area contributed by atoms with Crippen LogP contribution in [0.1, 0.15) is 38.5 Å². The molecule has 0 saturated heterocycles. The number of carboxylic acids is 1. The Morgan fingerprint density at radius 1 is 1.23 bits per heavy atom. The molecule has 0 heterocycles. The Kier molecular flexibility index (Phi) is 6.35. The van der Waals surface area contributed by atoms with E-state index in [1.807, 2.05) is 0 Å². The first-order chi connectivity index (χ1) is 12.2. The van der Waals surface area contributed by atoms with E-state index in [1.54, 1.807) is 0 Å². The van der Waals surface area contributed by atoms with Crippen LogP contribution in [0.5, 0.6) is 0 Å². The zero-order valence-corrected chi connectivity index (χ0v) is 15.4. The molecule has 0 bridgehead atoms. The topological polar surface area (TPSA) is 104 Å². The minimum absolute atomic E-state index is 0.0261. The van der Waals surface area contributed by atoms with Gasteiger partial charge < -0.3 is 10.4 Å². The highest BCUT2D eigenvalue weighted by molar-refractivity contribution is 7.89. The summed E-state index contributed by atoms with van der Waals surface area (Å²) in [6.07, 6.45) is 2.60. The fourth-order valence-electron chi connectivity index (χ4n) is 3.07. The van der Waals surface area contributed by atoms with E-state index >= 15 is 0 Å². The lowest BCUT2D eigenvalue weighted by Gasteiger charge is -2.25. The van der Waals surface area contributed by atoms with Crippen molar-refractivity contribution in [2.75, 3.05) is 13.6 Å². The minimum Gasteiger partial charge on any atom is -0.480 e. The molecule has 144 valence electrons. The van der Waals surface area contributed by atoms with Gasteiger partial charge in [0.15, 0.2) is 0 Å². The summed E-state index contributed by atoms with van der Waals surface area (Å²) in [5.41, 5.74) is -1.19. The molecule has 0 unspecified atom stereocenters. The van der Waals surface area contributed by atoms with E-state index in [4.69, 9.17) is 0 Å². The van der Waals surface area contributed by atoms with Crippen LogP contribution < -0.4 is 5.32 Å². The first-order valence-corrected chi connectivity index (χ1v) is 9.88. The van der Waals surface area contributed by atoms with Crippen molar-refractivity contribution in [2.24, 2.45) is 0 Å². The zero-order valence-electron chi connectivity index (χ0n) is 14.6. The normalized spacial score (nSPS) is 16.6. The first-order valence-electron chi connectivity index (χ1n) is 8.44. The monoisotopic (exact) mass is 386 g/mol. The average molecular weight is 386 g/mol. The van der Waals surface area contributed by atoms with Crippen LogP contribution in [0.3, 0.4) is 0 Å². The summed E-state index contributed by atoms with van der Waals surface area (Å²) in [5.74, 6) is -1.95. The number of aliphatic carboxylic acids is 1. The number of benzene rings is 1. The quantitative estimate of drug-likeness (QED) is 0.708. The number of nitrogens with zero attached hydrogens (tertiary/aromatic N) is 1. The predicted molar refractivity (Wildman–Crippen MR) is 92.4 cm³/mol. The van der Waals surface area contributed by atoms with E-state index in [0.29, 0.717) is 12.8 Å². The van der Waals surface area contributed by atoms with Gasteiger partial charge in [-0.15, -0.1) is 0 Å². The number of carbonyl (C=O) groups is 2. The maximum atomic E-state index is 12.9. The Morgan fingerprint density at radius 2 is 1.81 bits per heavy atom. The van der Waals surface area contributed by atoms with Gasteiger partial charge in [-0.25, -0.2) is 21.9 Å². The summed E-state index contributed by atoms with van der Waals surface area (Å²) >= 11 is 0. The number of halogens is 1. The average Bonchev–Trinajstić information content (AvgIpc) is 3.05. The Bertz CT molecular complexity index is 758. The summed E-state index contributed by atoms with van der Waals surface area (Å²) < 4.78 is 38.7. The van der Waals surface area contributed by atoms with Crippen molar-refractivity contribution in [3.8, 4) is 0 Å². The van der Waals surface area contributed by atoms with E-state index < -0.39 is 33.3 Å². The molecule has 1 aliphatic rings. The van der Waals surface area contributed by atoms with Crippen molar-refractivity contribution in [1.29, 1.82) is 0 Å². The highest BCUT2D eigenvalue weighted by Gasteiger charge is 2.42. The standard InChI is InChI=1S/C17H23FN2O5S/c1-20(26(24,25)14-8-6-13(18)7-9-14)12-4-5-15(21)19-17(16(22)23)10-2-3-11-17/h6-9H,2-5,10-12H2,1H3,(H,19,21)(H,22,23). The summed E-state index contributed by atoms with van der Waals surface area (Å²) in [5, 5.41) is 11.9. The second-order valence-electron chi connectivity index (χ2n) is 6.53. The highest BCUT2D eigenvalue weighted by Crippen LogP contribution is 2.30. The third kappa shape index (κ3) is 4.59. The molecule has 0 atom stereocenters. The van der Waals surface area contributed by atoms with Gasteiger partial charge in [-0.2, -0.15) is 0 Å². The first kappa shape index (κ1) is 20.3. The van der Waals surface area contributed by atoms with E-state index in [2.05, 4.69) is 5.32 Å². The van der Waals surface area contributed by atoms with E-state index in [1.165, 1.54) is 19.2 Å². The molecular formula is C17H23FN2O5S. The van der Waals surface area contributed by atoms with Gasteiger partial charge in [-0.1, -0.05) is 12.8 Å². The predicted octanol–water partition coefficient (Wildman–Crippen LogP) is 1.74. The zero-order chi connectivity index (χ0) is 19.4. The van der Waals surface area contributed by atoms with E-state index in [9.17, 15) is 27.5 Å². The number of carbonyl (C=O) groups excluding carboxylic acids is 1. The summed E-state index contributed by atoms with van der Waals surface area (Å²) in [6.45, 7) is 0.0905. The smallest absolute Gasteiger partial charge is 0.329 e. The van der Waals surface area contributed by atoms with Gasteiger partial charge in [0.05, 0.1) is 4.90 Å². The number of amides is 1. The Labute approximate surface area is 152 Å². The van der Waals surface area contributed by atoms with Crippen molar-refractivity contribution >= 4 is 21.9 Å². The van der Waals surface area contributed by atoms with Gasteiger partial charge in [0, 0.05) is 20.0 Å². The molecule has 2 N–H and O–H groups in total. The lowest BCUT2D eigenvalue weighted by molar-refractivity contribution is -0.147. The molecule has 0 aromatic heterocycles. The number of sulfonamides is 1. The Hall–Kier alpha value is -2.00. The van der Waals surface area contributed by atoms with Gasteiger partial charge >= 0.3 is 5.97 Å². The van der Waals surface area contributed by atoms with Gasteiger partial charge in [0.1, 0.15) is 11.4 Å². The Morgan fingerprint density at radius 3 is 2.35 bits per heavy atom. The summed E-state index contributed by atoms with van der Waals surface area (Å²) in [4.78, 5) is 23.5. The largest absolute Gasteiger partial charge is 0.480 e. The number of hydrogen-bond acceptors (Lipinski definition) is 4. The van der Waals surface area contributed by atoms with Crippen LogP contribution in [-0.2, 0) is 19.6 Å². The molecule has 7 nitrogen and oxygen atoms in total. The molecule has 1 amide bonds. The van der Waals surface area contributed by atoms with Crippen molar-refractivity contribution < 1.29 is 27.5 Å². The van der Waals surface area contributed by atoms with E-state index in [0.717, 1.165) is 29.3 Å². The van der Waals surface area contributed by atoms with Crippen molar-refractivity contribution in [3.63, 3.8) is 0 Å². The highest BCUT2D eigenvalue weighted by atomic mass is 32.2. The van der Waals surface area contributed by atoms with Crippen LogP contribution in [0.25, 0.3) is 0 Å². The third-order valence-electron chi connectivity index (χ3n) is 4.64. The lowest BCUT2D eigenvalue weighted by atomic mass is 9.97. The van der Waals surface area contributed by atoms with Crippen LogP contribution in [0.2, 0.25) is 0 Å². The van der Waals surface area contributed by atoms with Gasteiger partial charge in [-0.3, -0.25) is 4.79 Å². The number of hydrogen-bond donors (Lipinski definition) is 2. The molecule has 1 aliphatic carbocycles. The molecule has 2 rings (SSSR count). The fourth-order valence-corrected chi connectivity index (χ4v) is 4.28. The second kappa shape index (κ2) is 8.13. The van der Waals surface area contributed by atoms with Crippen LogP contribution in [0, 0.1) is 5.82 Å². The fraction of sp³-hybridized carbons (Fsp3) is 0.529. The Balaban J connectivity index is 1.87. The number of carboxylic acid groups (broad SMARTS) is 1. The molecule has 26 heavy (non-hydrogen) atoms. The van der Waals surface area contributed by atoms with Crippen molar-refractivity contribution in [3.05, 3.63) is 30.1 Å². The molecular weight excluding hydrogens is 363 g/mol. The van der Waals surface area contributed by atoms with Gasteiger partial charge in [0.2, 0.25) is 15.9 Å². The number of rotatable bonds is 8. The number of nitrogens with one attached hydrogen (secondary N) is 1. The van der Waals surface area contributed by atoms with Crippen molar-refractivity contribution in [1.82, 2.24) is 9.62 Å². The maximum Gasteiger partial charge on any atom is 0.329 e. The molecule has 0 radical (unpaired) electrons. The molecule has 1 fully saturated rings. The third-order valence-corrected chi connectivity index (χ3v) is 6.51. The maximum absolute atomic E-state index is 12.9. The SMILES string of the molecule is CN(CCCC(=O)NC1(C(=O)O)CCCC1)S(=O)(=O)c1ccc(F)cc1. The molecule has 1 saturated carbocycles. The molecule has 9 heteroatoms. The minimum atomic E-state index is -3.76. The van der Waals surface area contributed by atoms with Gasteiger partial charge in [-0.05, 0) is 43.5 Å². The summed E-state index contributed by atoms with van der Waals surface area (Å²) in [7, 11) is -2.38. The second-order valence-corrected chi connectivity index (χ2v) is 8.57. The summed E-state index contributed by atoms with van der Waals surface area (Å²) in [6, 6.07) is 4.51. The molecule has 1 aromatic rings. The molecule has 0 aliphatic heterocycles. The van der Waals surface area contributed by atoms with Crippen LogP contribution in [0.4, 0.5) is 4.39 Å². The molecule has 1 aromatic carbocycles. The van der Waals surface area contributed by atoms with Crippen molar-refractivity contribution in [2.45, 2.75) is 49.0 Å². The lowest BCUT2D eigenvalue weighted by Crippen LogP contribution is -2.52. The molecule has 0 spiro atoms.